The van der Waals surface area contributed by atoms with E-state index in [9.17, 15) is 14.4 Å². The van der Waals surface area contributed by atoms with Crippen molar-refractivity contribution in [2.75, 3.05) is 20.3 Å². The highest BCUT2D eigenvalue weighted by atomic mass is 32.1. The molecule has 0 N–H and O–H groups in total. The number of methoxy groups -OCH3 is 1. The molecule has 0 saturated heterocycles. The van der Waals surface area contributed by atoms with E-state index in [0.29, 0.717) is 38.5 Å². The first-order valence-corrected chi connectivity index (χ1v) is 17.1. The quantitative estimate of drug-likeness (QED) is 0.0926. The van der Waals surface area contributed by atoms with E-state index in [2.05, 4.69) is 13.2 Å². The number of aryl methyl sites for hydroxylation is 1. The van der Waals surface area contributed by atoms with Crippen LogP contribution in [0.1, 0.15) is 36.6 Å². The molecule has 0 saturated carbocycles. The van der Waals surface area contributed by atoms with Crippen molar-refractivity contribution in [3.8, 4) is 34.2 Å². The Bertz CT molecular complexity index is 2420. The maximum absolute atomic E-state index is 14.5. The minimum absolute atomic E-state index is 0.0313. The second kappa shape index (κ2) is 15.3. The monoisotopic (exact) mass is 716 g/mol. The van der Waals surface area contributed by atoms with Crippen LogP contribution in [0.4, 0.5) is 0 Å². The van der Waals surface area contributed by atoms with Crippen molar-refractivity contribution < 1.29 is 28.5 Å². The van der Waals surface area contributed by atoms with Crippen molar-refractivity contribution in [3.05, 3.63) is 146 Å². The van der Waals surface area contributed by atoms with Crippen molar-refractivity contribution in [1.82, 2.24) is 14.3 Å². The van der Waals surface area contributed by atoms with Gasteiger partial charge in [-0.3, -0.25) is 14.2 Å². The summed E-state index contributed by atoms with van der Waals surface area (Å²) >= 11 is 1.19. The van der Waals surface area contributed by atoms with Crippen LogP contribution in [0.5, 0.6) is 17.2 Å². The van der Waals surface area contributed by atoms with Crippen LogP contribution in [0.15, 0.2) is 119 Å². The fourth-order valence-corrected chi connectivity index (χ4v) is 6.92. The van der Waals surface area contributed by atoms with Crippen LogP contribution in [0.2, 0.25) is 0 Å². The van der Waals surface area contributed by atoms with E-state index >= 15 is 0 Å². The predicted octanol–water partition coefficient (Wildman–Crippen LogP) is 5.62. The molecule has 264 valence electrons. The third-order valence-electron chi connectivity index (χ3n) is 8.19. The van der Waals surface area contributed by atoms with Gasteiger partial charge in [0.15, 0.2) is 16.3 Å². The van der Waals surface area contributed by atoms with Gasteiger partial charge in [0.05, 0.1) is 34.6 Å². The van der Waals surface area contributed by atoms with E-state index in [4.69, 9.17) is 29.0 Å². The molecule has 1 aliphatic rings. The Morgan fingerprint density at radius 2 is 1.71 bits per heavy atom. The number of aromatic nitrogens is 3. The number of benzene rings is 3. The Kier molecular flexibility index (Phi) is 10.5. The molecule has 0 aliphatic carbocycles. The Labute approximate surface area is 303 Å². The van der Waals surface area contributed by atoms with Gasteiger partial charge in [-0.05, 0) is 73.5 Å². The number of thiazole rings is 1. The molecule has 0 spiro atoms. The summed E-state index contributed by atoms with van der Waals surface area (Å²) in [6, 6.07) is 19.4. The molecule has 2 aromatic heterocycles. The number of rotatable bonds is 12. The molecule has 3 aromatic carbocycles. The van der Waals surface area contributed by atoms with Crippen LogP contribution in [0.25, 0.3) is 23.0 Å². The van der Waals surface area contributed by atoms with Gasteiger partial charge in [0.25, 0.3) is 5.56 Å². The molecule has 11 nitrogen and oxygen atoms in total. The summed E-state index contributed by atoms with van der Waals surface area (Å²) in [5.41, 5.74) is 4.65. The number of esters is 2. The van der Waals surface area contributed by atoms with Gasteiger partial charge in [-0.2, -0.15) is 5.10 Å². The fourth-order valence-electron chi connectivity index (χ4n) is 5.88. The summed E-state index contributed by atoms with van der Waals surface area (Å²) in [4.78, 5) is 44.9. The number of allylic oxidation sites excluding steroid dienone is 1. The molecular weight excluding hydrogens is 681 g/mol. The zero-order chi connectivity index (χ0) is 36.9. The van der Waals surface area contributed by atoms with E-state index in [1.165, 1.54) is 36.0 Å². The number of hydrogen-bond donors (Lipinski definition) is 0. The van der Waals surface area contributed by atoms with E-state index in [0.717, 1.165) is 22.6 Å². The summed E-state index contributed by atoms with van der Waals surface area (Å²) in [6.45, 7) is 12.7. The highest BCUT2D eigenvalue weighted by Crippen LogP contribution is 2.36. The first kappa shape index (κ1) is 35.6. The largest absolute Gasteiger partial charge is 0.493 e. The third-order valence-corrected chi connectivity index (χ3v) is 9.17. The van der Waals surface area contributed by atoms with Crippen LogP contribution in [0.3, 0.4) is 0 Å². The molecule has 0 bridgehead atoms. The summed E-state index contributed by atoms with van der Waals surface area (Å²) in [5.74, 6) is 0.00577. The van der Waals surface area contributed by atoms with Crippen molar-refractivity contribution in [3.63, 3.8) is 0 Å². The van der Waals surface area contributed by atoms with Gasteiger partial charge < -0.3 is 18.9 Å². The van der Waals surface area contributed by atoms with Gasteiger partial charge in [-0.1, -0.05) is 60.9 Å². The van der Waals surface area contributed by atoms with Gasteiger partial charge in [0, 0.05) is 24.2 Å². The van der Waals surface area contributed by atoms with Crippen LogP contribution in [0, 0.1) is 6.92 Å². The molecule has 5 aromatic rings. The van der Waals surface area contributed by atoms with E-state index in [-0.39, 0.29) is 29.2 Å². The summed E-state index contributed by atoms with van der Waals surface area (Å²) in [5, 5.41) is 4.95. The first-order chi connectivity index (χ1) is 25.1. The Morgan fingerprint density at radius 1 is 0.962 bits per heavy atom. The Morgan fingerprint density at radius 3 is 2.40 bits per heavy atom. The van der Waals surface area contributed by atoms with E-state index < -0.39 is 18.0 Å². The van der Waals surface area contributed by atoms with Crippen molar-refractivity contribution in [2.45, 2.75) is 26.8 Å². The smallest absolute Gasteiger partial charge is 0.338 e. The number of ether oxygens (including phenoxy) is 4. The number of fused-ring (bicyclic) bond motifs is 1. The van der Waals surface area contributed by atoms with E-state index in [1.54, 1.807) is 42.0 Å². The standard InChI is InChI=1S/C40H36N4O7S/c1-7-18-49-31-16-14-27(20-24(31)3)36-29(23-43(42-36)30-12-10-9-11-13-30)22-34-38(46)44-37(28-15-17-32(51-26(5)45)33(21-28)48-6)35(39(47)50-19-8-2)25(4)41-40(44)52-34/h7-17,20-23,37H,1-2,18-19H2,3-6H3/b34-22-. The highest BCUT2D eigenvalue weighted by Gasteiger charge is 2.34. The molecule has 12 heteroatoms. The molecule has 1 atom stereocenters. The van der Waals surface area contributed by atoms with Gasteiger partial charge in [0.2, 0.25) is 0 Å². The number of nitrogens with zero attached hydrogens (tertiary/aromatic N) is 4. The minimum atomic E-state index is -0.937. The van der Waals surface area contributed by atoms with Crippen LogP contribution >= 0.6 is 11.3 Å². The van der Waals surface area contributed by atoms with Crippen molar-refractivity contribution >= 4 is 29.4 Å². The molecular formula is C40H36N4O7S. The molecule has 6 rings (SSSR count). The van der Waals surface area contributed by atoms with Gasteiger partial charge in [0.1, 0.15) is 24.7 Å². The van der Waals surface area contributed by atoms with Crippen LogP contribution in [-0.4, -0.2) is 46.6 Å². The maximum atomic E-state index is 14.5. The van der Waals surface area contributed by atoms with Crippen LogP contribution in [-0.2, 0) is 14.3 Å². The number of carbonyl (C=O) groups is 2. The van der Waals surface area contributed by atoms with E-state index in [1.807, 2.05) is 61.7 Å². The molecule has 0 fully saturated rings. The third kappa shape index (κ3) is 7.14. The number of hydrogen-bond acceptors (Lipinski definition) is 10. The SMILES string of the molecule is C=CCOC(=O)C1=C(C)N=c2s/c(=C\c3cn(-c4ccccc4)nc3-c3ccc(OCC=C)c(C)c3)c(=O)n2C1c1ccc(OC(C)=O)c(OC)c1. The lowest BCUT2D eigenvalue weighted by atomic mass is 9.95. The lowest BCUT2D eigenvalue weighted by Crippen LogP contribution is -2.40. The zero-order valence-corrected chi connectivity index (χ0v) is 29.9. The molecule has 0 amide bonds. The summed E-state index contributed by atoms with van der Waals surface area (Å²) in [7, 11) is 1.44. The van der Waals surface area contributed by atoms with Crippen molar-refractivity contribution in [1.29, 1.82) is 0 Å². The first-order valence-electron chi connectivity index (χ1n) is 16.3. The number of para-hydroxylation sites is 1. The molecule has 52 heavy (non-hydrogen) atoms. The molecule has 1 unspecified atom stereocenters. The number of carbonyl (C=O) groups excluding carboxylic acids is 2. The molecule has 1 aliphatic heterocycles. The second-order valence-corrected chi connectivity index (χ2v) is 12.8. The van der Waals surface area contributed by atoms with Crippen LogP contribution < -0.4 is 29.1 Å². The Balaban J connectivity index is 1.54. The lowest BCUT2D eigenvalue weighted by molar-refractivity contribution is -0.138. The van der Waals surface area contributed by atoms with Gasteiger partial charge in [-0.15, -0.1) is 0 Å². The van der Waals surface area contributed by atoms with Crippen molar-refractivity contribution in [2.24, 2.45) is 4.99 Å². The lowest BCUT2D eigenvalue weighted by Gasteiger charge is -2.25. The topological polar surface area (TPSA) is 123 Å². The molecule has 3 heterocycles. The van der Waals surface area contributed by atoms with Gasteiger partial charge >= 0.3 is 11.9 Å². The Hall–Kier alpha value is -6.27. The molecule has 0 radical (unpaired) electrons. The van der Waals surface area contributed by atoms with Gasteiger partial charge in [-0.25, -0.2) is 14.5 Å². The minimum Gasteiger partial charge on any atom is -0.493 e. The average Bonchev–Trinajstić information content (AvgIpc) is 3.70. The highest BCUT2D eigenvalue weighted by molar-refractivity contribution is 7.07. The maximum Gasteiger partial charge on any atom is 0.338 e. The summed E-state index contributed by atoms with van der Waals surface area (Å²) in [6.07, 6.45) is 6.82. The fraction of sp³-hybridized carbons (Fsp3) is 0.175. The predicted molar refractivity (Wildman–Crippen MR) is 199 cm³/mol. The zero-order valence-electron chi connectivity index (χ0n) is 29.1. The normalized spacial score (nSPS) is 13.9. The average molecular weight is 717 g/mol. The second-order valence-electron chi connectivity index (χ2n) is 11.8. The summed E-state index contributed by atoms with van der Waals surface area (Å²) < 4.78 is 25.8.